The van der Waals surface area contributed by atoms with Gasteiger partial charge >= 0.3 is 11.9 Å². The van der Waals surface area contributed by atoms with Crippen molar-refractivity contribution in [2.75, 3.05) is 6.54 Å². The first-order chi connectivity index (χ1) is 12.0. The molecule has 0 aliphatic heterocycles. The molecule has 0 aliphatic rings. The van der Waals surface area contributed by atoms with Crippen molar-refractivity contribution in [2.45, 2.75) is 51.7 Å². The quantitative estimate of drug-likeness (QED) is 0.240. The van der Waals surface area contributed by atoms with Crippen molar-refractivity contribution in [1.29, 1.82) is 0 Å². The maximum atomic E-state index is 12.4. The summed E-state index contributed by atoms with van der Waals surface area (Å²) in [6.07, 6.45) is -0.0686. The van der Waals surface area contributed by atoms with Gasteiger partial charge in [-0.2, -0.15) is 0 Å². The largest absolute Gasteiger partial charge is 0.481 e. The fraction of sp³-hybridized carbons (Fsp3) is 0.667. The average Bonchev–Trinajstić information content (AvgIpc) is 2.55. The summed E-state index contributed by atoms with van der Waals surface area (Å²) in [7, 11) is 0. The predicted molar refractivity (Wildman–Crippen MR) is 89.9 cm³/mol. The van der Waals surface area contributed by atoms with Crippen LogP contribution in [0, 0.1) is 5.92 Å². The molecule has 0 saturated heterocycles. The van der Waals surface area contributed by atoms with Crippen LogP contribution in [0.2, 0.25) is 0 Å². The van der Waals surface area contributed by atoms with Crippen LogP contribution in [0.4, 0.5) is 0 Å². The minimum Gasteiger partial charge on any atom is -0.481 e. The molecule has 4 unspecified atom stereocenters. The lowest BCUT2D eigenvalue weighted by Gasteiger charge is -2.26. The molecule has 0 rings (SSSR count). The molecule has 0 heterocycles. The molecule has 26 heavy (non-hydrogen) atoms. The van der Waals surface area contributed by atoms with Crippen LogP contribution >= 0.6 is 0 Å². The second-order valence-electron chi connectivity index (χ2n) is 5.92. The molecule has 0 bridgehead atoms. The SMILES string of the molecule is CCC(C)C(NC(=O)C(N)CC(=O)O)C(=O)NC(C)C(=O)NCC(=O)O. The molecule has 0 fully saturated rings. The van der Waals surface area contributed by atoms with Crippen molar-refractivity contribution >= 4 is 29.7 Å². The van der Waals surface area contributed by atoms with Gasteiger partial charge in [-0.05, 0) is 12.8 Å². The van der Waals surface area contributed by atoms with Gasteiger partial charge in [0.05, 0.1) is 12.5 Å². The third-order valence-electron chi connectivity index (χ3n) is 3.69. The number of rotatable bonds is 11. The fourth-order valence-corrected chi connectivity index (χ4v) is 1.93. The van der Waals surface area contributed by atoms with E-state index in [0.29, 0.717) is 6.42 Å². The van der Waals surface area contributed by atoms with Gasteiger partial charge < -0.3 is 31.9 Å². The lowest BCUT2D eigenvalue weighted by Crippen LogP contribution is -2.57. The Kier molecular flexibility index (Phi) is 9.89. The number of amides is 3. The van der Waals surface area contributed by atoms with Crippen molar-refractivity contribution in [3.63, 3.8) is 0 Å². The second-order valence-corrected chi connectivity index (χ2v) is 5.92. The number of carboxylic acid groups (broad SMARTS) is 2. The zero-order valence-electron chi connectivity index (χ0n) is 14.9. The molecule has 0 spiro atoms. The molecule has 0 saturated carbocycles. The molecule has 4 atom stereocenters. The first kappa shape index (κ1) is 23.3. The van der Waals surface area contributed by atoms with Gasteiger partial charge in [0.2, 0.25) is 17.7 Å². The summed E-state index contributed by atoms with van der Waals surface area (Å²) >= 11 is 0. The molecule has 11 nitrogen and oxygen atoms in total. The summed E-state index contributed by atoms with van der Waals surface area (Å²) in [5, 5.41) is 24.1. The van der Waals surface area contributed by atoms with Crippen LogP contribution in [0.3, 0.4) is 0 Å². The third-order valence-corrected chi connectivity index (χ3v) is 3.69. The van der Waals surface area contributed by atoms with Gasteiger partial charge in [-0.15, -0.1) is 0 Å². The van der Waals surface area contributed by atoms with E-state index in [1.807, 2.05) is 0 Å². The number of carbonyl (C=O) groups excluding carboxylic acids is 3. The molecule has 0 aromatic heterocycles. The van der Waals surface area contributed by atoms with Crippen molar-refractivity contribution in [3.8, 4) is 0 Å². The van der Waals surface area contributed by atoms with E-state index in [4.69, 9.17) is 15.9 Å². The summed E-state index contributed by atoms with van der Waals surface area (Å²) in [4.78, 5) is 57.2. The van der Waals surface area contributed by atoms with Crippen LogP contribution in [-0.4, -0.2) is 64.5 Å². The highest BCUT2D eigenvalue weighted by Crippen LogP contribution is 2.09. The maximum Gasteiger partial charge on any atom is 0.322 e. The summed E-state index contributed by atoms with van der Waals surface area (Å²) in [6, 6.07) is -3.37. The second kappa shape index (κ2) is 11.0. The summed E-state index contributed by atoms with van der Waals surface area (Å²) in [6.45, 7) is 4.26. The lowest BCUT2D eigenvalue weighted by atomic mass is 9.97. The van der Waals surface area contributed by atoms with Gasteiger partial charge in [-0.3, -0.25) is 24.0 Å². The number of nitrogens with two attached hydrogens (primary N) is 1. The Bertz CT molecular complexity index is 552. The van der Waals surface area contributed by atoms with E-state index in [2.05, 4.69) is 16.0 Å². The van der Waals surface area contributed by atoms with Gasteiger partial charge in [0.15, 0.2) is 0 Å². The zero-order valence-corrected chi connectivity index (χ0v) is 14.9. The molecule has 3 amide bonds. The molecular weight excluding hydrogens is 348 g/mol. The van der Waals surface area contributed by atoms with E-state index in [0.717, 1.165) is 0 Å². The molecule has 0 radical (unpaired) electrons. The Hall–Kier alpha value is -2.69. The van der Waals surface area contributed by atoms with E-state index in [9.17, 15) is 24.0 Å². The first-order valence-electron chi connectivity index (χ1n) is 8.07. The summed E-state index contributed by atoms with van der Waals surface area (Å²) in [5.41, 5.74) is 5.48. The van der Waals surface area contributed by atoms with Crippen LogP contribution < -0.4 is 21.7 Å². The molecule has 0 aliphatic carbocycles. The van der Waals surface area contributed by atoms with E-state index in [1.54, 1.807) is 13.8 Å². The van der Waals surface area contributed by atoms with E-state index < -0.39 is 60.8 Å². The average molecular weight is 374 g/mol. The highest BCUT2D eigenvalue weighted by Gasteiger charge is 2.30. The topological polar surface area (TPSA) is 188 Å². The number of carbonyl (C=O) groups is 5. The number of aliphatic carboxylic acids is 2. The standard InChI is InChI=1S/C15H26N4O7/c1-4-7(2)12(19-14(25)9(16)5-10(20)21)15(26)18-8(3)13(24)17-6-11(22)23/h7-9,12H,4-6,16H2,1-3H3,(H,17,24)(H,18,26)(H,19,25)(H,20,21)(H,22,23). The van der Waals surface area contributed by atoms with E-state index in [-0.39, 0.29) is 5.92 Å². The predicted octanol–water partition coefficient (Wildman–Crippen LogP) is -1.98. The Morgan fingerprint density at radius 2 is 1.50 bits per heavy atom. The zero-order chi connectivity index (χ0) is 20.4. The van der Waals surface area contributed by atoms with Crippen LogP contribution in [-0.2, 0) is 24.0 Å². The maximum absolute atomic E-state index is 12.4. The minimum atomic E-state index is -1.32. The Balaban J connectivity index is 4.93. The number of nitrogens with one attached hydrogen (secondary N) is 3. The first-order valence-corrected chi connectivity index (χ1v) is 8.07. The van der Waals surface area contributed by atoms with Crippen molar-refractivity contribution in [3.05, 3.63) is 0 Å². The van der Waals surface area contributed by atoms with Crippen LogP contribution in [0.25, 0.3) is 0 Å². The van der Waals surface area contributed by atoms with E-state index in [1.165, 1.54) is 6.92 Å². The van der Waals surface area contributed by atoms with E-state index >= 15 is 0 Å². The van der Waals surface area contributed by atoms with Gasteiger partial charge in [-0.25, -0.2) is 0 Å². The third kappa shape index (κ3) is 8.42. The Morgan fingerprint density at radius 3 is 1.96 bits per heavy atom. The normalized spacial score (nSPS) is 15.1. The monoisotopic (exact) mass is 374 g/mol. The van der Waals surface area contributed by atoms with Crippen molar-refractivity contribution in [2.24, 2.45) is 11.7 Å². The van der Waals surface area contributed by atoms with Crippen LogP contribution in [0.15, 0.2) is 0 Å². The highest BCUT2D eigenvalue weighted by molar-refractivity contribution is 5.94. The van der Waals surface area contributed by atoms with Crippen LogP contribution in [0.1, 0.15) is 33.6 Å². The number of hydrogen-bond donors (Lipinski definition) is 6. The Labute approximate surface area is 150 Å². The molecule has 7 N–H and O–H groups in total. The molecular formula is C15H26N4O7. The molecule has 0 aromatic rings. The van der Waals surface area contributed by atoms with Crippen molar-refractivity contribution < 1.29 is 34.2 Å². The van der Waals surface area contributed by atoms with Crippen molar-refractivity contribution in [1.82, 2.24) is 16.0 Å². The summed E-state index contributed by atoms with van der Waals surface area (Å²) in [5.74, 6) is -4.94. The Morgan fingerprint density at radius 1 is 0.923 bits per heavy atom. The summed E-state index contributed by atoms with van der Waals surface area (Å²) < 4.78 is 0. The van der Waals surface area contributed by atoms with Crippen LogP contribution in [0.5, 0.6) is 0 Å². The lowest BCUT2D eigenvalue weighted by molar-refractivity contribution is -0.140. The minimum absolute atomic E-state index is 0.315. The number of carboxylic acids is 2. The molecule has 11 heteroatoms. The molecule has 0 aromatic carbocycles. The highest BCUT2D eigenvalue weighted by atomic mass is 16.4. The number of hydrogen-bond acceptors (Lipinski definition) is 6. The van der Waals surface area contributed by atoms with Gasteiger partial charge in [-0.1, -0.05) is 20.3 Å². The van der Waals surface area contributed by atoms with Gasteiger partial charge in [0, 0.05) is 0 Å². The fourth-order valence-electron chi connectivity index (χ4n) is 1.93. The van der Waals surface area contributed by atoms with Gasteiger partial charge in [0.1, 0.15) is 18.6 Å². The molecule has 148 valence electrons. The van der Waals surface area contributed by atoms with Gasteiger partial charge in [0.25, 0.3) is 0 Å². The smallest absolute Gasteiger partial charge is 0.322 e.